The van der Waals surface area contributed by atoms with E-state index in [1.165, 1.54) is 0 Å². The second-order valence-corrected chi connectivity index (χ2v) is 7.26. The van der Waals surface area contributed by atoms with Gasteiger partial charge in [-0.3, -0.25) is 0 Å². The zero-order valence-corrected chi connectivity index (χ0v) is 13.6. The lowest BCUT2D eigenvalue weighted by Gasteiger charge is -2.26. The van der Waals surface area contributed by atoms with Gasteiger partial charge in [-0.1, -0.05) is 0 Å². The van der Waals surface area contributed by atoms with Crippen LogP contribution >= 0.6 is 0 Å². The number of methoxy groups -OCH3 is 1. The van der Waals surface area contributed by atoms with Gasteiger partial charge >= 0.3 is 0 Å². The number of nitrogens with two attached hydrogens (primary N) is 1. The first-order chi connectivity index (χ1) is 10.5. The van der Waals surface area contributed by atoms with E-state index in [1.54, 1.807) is 31.4 Å². The lowest BCUT2D eigenvalue weighted by atomic mass is 9.93. The van der Waals surface area contributed by atoms with Gasteiger partial charge < -0.3 is 15.2 Å². The van der Waals surface area contributed by atoms with Crippen LogP contribution in [0.15, 0.2) is 29.2 Å². The Balaban J connectivity index is 1.94. The molecule has 0 atom stereocenters. The first-order valence-electron chi connectivity index (χ1n) is 7.51. The van der Waals surface area contributed by atoms with Crippen LogP contribution in [-0.2, 0) is 14.8 Å². The van der Waals surface area contributed by atoms with Crippen LogP contribution in [0.4, 0.5) is 0 Å². The molecular weight excluding hydrogens is 304 g/mol. The van der Waals surface area contributed by atoms with Crippen molar-refractivity contribution >= 4 is 10.0 Å². The third-order valence-electron chi connectivity index (χ3n) is 3.78. The normalized spacial score (nSPS) is 22.5. The van der Waals surface area contributed by atoms with Crippen LogP contribution in [0.1, 0.15) is 25.7 Å². The highest BCUT2D eigenvalue weighted by atomic mass is 32.2. The lowest BCUT2D eigenvalue weighted by molar-refractivity contribution is 0.146. The number of ether oxygens (including phenoxy) is 2. The Morgan fingerprint density at radius 2 is 1.77 bits per heavy atom. The molecule has 1 aromatic carbocycles. The van der Waals surface area contributed by atoms with Crippen molar-refractivity contribution in [1.82, 2.24) is 4.72 Å². The second-order valence-electron chi connectivity index (χ2n) is 5.55. The fourth-order valence-electron chi connectivity index (χ4n) is 2.48. The summed E-state index contributed by atoms with van der Waals surface area (Å²) in [5, 5.41) is 0. The van der Waals surface area contributed by atoms with E-state index >= 15 is 0 Å². The fourth-order valence-corrected chi connectivity index (χ4v) is 3.79. The molecule has 0 unspecified atom stereocenters. The van der Waals surface area contributed by atoms with Gasteiger partial charge in [0.1, 0.15) is 12.4 Å². The SMILES string of the molecule is COCCOc1ccc(S(=O)(=O)NC2CCC(N)CC2)cc1. The van der Waals surface area contributed by atoms with E-state index in [0.29, 0.717) is 19.0 Å². The number of hydrogen-bond acceptors (Lipinski definition) is 5. The Morgan fingerprint density at radius 3 is 2.36 bits per heavy atom. The summed E-state index contributed by atoms with van der Waals surface area (Å²) in [6.45, 7) is 0.925. The molecule has 1 saturated carbocycles. The Morgan fingerprint density at radius 1 is 1.14 bits per heavy atom. The molecule has 1 aromatic rings. The molecule has 3 N–H and O–H groups in total. The minimum Gasteiger partial charge on any atom is -0.491 e. The standard InChI is InChI=1S/C15H24N2O4S/c1-20-10-11-21-14-6-8-15(9-7-14)22(18,19)17-13-4-2-12(16)3-5-13/h6-9,12-13,17H,2-5,10-11,16H2,1H3. The van der Waals surface area contributed by atoms with E-state index in [-0.39, 0.29) is 17.0 Å². The van der Waals surface area contributed by atoms with Crippen LogP contribution in [-0.4, -0.2) is 40.8 Å². The van der Waals surface area contributed by atoms with E-state index in [0.717, 1.165) is 25.7 Å². The smallest absolute Gasteiger partial charge is 0.240 e. The minimum absolute atomic E-state index is 0.0255. The average Bonchev–Trinajstić information content (AvgIpc) is 2.50. The zero-order chi connectivity index (χ0) is 16.0. The van der Waals surface area contributed by atoms with E-state index < -0.39 is 10.0 Å². The van der Waals surface area contributed by atoms with Crippen LogP contribution < -0.4 is 15.2 Å². The van der Waals surface area contributed by atoms with Crippen molar-refractivity contribution < 1.29 is 17.9 Å². The number of sulfonamides is 1. The van der Waals surface area contributed by atoms with Crippen molar-refractivity contribution in [3.8, 4) is 5.75 Å². The highest BCUT2D eigenvalue weighted by molar-refractivity contribution is 7.89. The second kappa shape index (κ2) is 7.92. The largest absolute Gasteiger partial charge is 0.491 e. The van der Waals surface area contributed by atoms with Gasteiger partial charge in [0.05, 0.1) is 11.5 Å². The quantitative estimate of drug-likeness (QED) is 0.735. The predicted octanol–water partition coefficient (Wildman–Crippen LogP) is 1.26. The summed E-state index contributed by atoms with van der Waals surface area (Å²) >= 11 is 0. The van der Waals surface area contributed by atoms with Crippen LogP contribution in [0.5, 0.6) is 5.75 Å². The summed E-state index contributed by atoms with van der Waals surface area (Å²) in [4.78, 5) is 0.251. The third-order valence-corrected chi connectivity index (χ3v) is 5.32. The van der Waals surface area contributed by atoms with Gasteiger partial charge in [0.2, 0.25) is 10.0 Å². The minimum atomic E-state index is -3.49. The summed E-state index contributed by atoms with van der Waals surface area (Å²) in [5.41, 5.74) is 5.84. The number of hydrogen-bond donors (Lipinski definition) is 2. The molecule has 0 saturated heterocycles. The maximum atomic E-state index is 12.4. The van der Waals surface area contributed by atoms with Crippen molar-refractivity contribution in [2.45, 2.75) is 42.7 Å². The Hall–Kier alpha value is -1.15. The van der Waals surface area contributed by atoms with Gasteiger partial charge in [0, 0.05) is 19.2 Å². The van der Waals surface area contributed by atoms with Gasteiger partial charge in [-0.2, -0.15) is 0 Å². The van der Waals surface area contributed by atoms with Crippen molar-refractivity contribution in [1.29, 1.82) is 0 Å². The molecular formula is C15H24N2O4S. The van der Waals surface area contributed by atoms with Gasteiger partial charge in [-0.25, -0.2) is 13.1 Å². The molecule has 7 heteroatoms. The Bertz CT molecular complexity index is 551. The molecule has 0 amide bonds. The van der Waals surface area contributed by atoms with Crippen LogP contribution in [0.25, 0.3) is 0 Å². The van der Waals surface area contributed by atoms with Crippen molar-refractivity contribution in [2.75, 3.05) is 20.3 Å². The number of benzene rings is 1. The van der Waals surface area contributed by atoms with Gasteiger partial charge in [0.25, 0.3) is 0 Å². The monoisotopic (exact) mass is 328 g/mol. The van der Waals surface area contributed by atoms with E-state index in [4.69, 9.17) is 15.2 Å². The lowest BCUT2D eigenvalue weighted by Crippen LogP contribution is -2.40. The van der Waals surface area contributed by atoms with E-state index in [2.05, 4.69) is 4.72 Å². The highest BCUT2D eigenvalue weighted by Gasteiger charge is 2.24. The van der Waals surface area contributed by atoms with Crippen LogP contribution in [0.2, 0.25) is 0 Å². The molecule has 0 aromatic heterocycles. The van der Waals surface area contributed by atoms with Crippen LogP contribution in [0, 0.1) is 0 Å². The first-order valence-corrected chi connectivity index (χ1v) is 8.99. The summed E-state index contributed by atoms with van der Waals surface area (Å²) < 4.78 is 37.8. The fraction of sp³-hybridized carbons (Fsp3) is 0.600. The van der Waals surface area contributed by atoms with Gasteiger partial charge in [-0.15, -0.1) is 0 Å². The molecule has 2 rings (SSSR count). The van der Waals surface area contributed by atoms with Crippen LogP contribution in [0.3, 0.4) is 0 Å². The maximum absolute atomic E-state index is 12.4. The average molecular weight is 328 g/mol. The Kier molecular flexibility index (Phi) is 6.19. The predicted molar refractivity (Wildman–Crippen MR) is 84.4 cm³/mol. The summed E-state index contributed by atoms with van der Waals surface area (Å²) in [6.07, 6.45) is 3.30. The highest BCUT2D eigenvalue weighted by Crippen LogP contribution is 2.21. The van der Waals surface area contributed by atoms with Gasteiger partial charge in [0.15, 0.2) is 0 Å². The summed E-state index contributed by atoms with van der Waals surface area (Å²) in [6, 6.07) is 6.59. The summed E-state index contributed by atoms with van der Waals surface area (Å²) in [5.74, 6) is 0.625. The molecule has 1 fully saturated rings. The third kappa shape index (κ3) is 4.95. The molecule has 124 valence electrons. The maximum Gasteiger partial charge on any atom is 0.240 e. The molecule has 0 spiro atoms. The molecule has 1 aliphatic rings. The van der Waals surface area contributed by atoms with Crippen molar-refractivity contribution in [2.24, 2.45) is 5.73 Å². The number of rotatable bonds is 7. The van der Waals surface area contributed by atoms with Crippen molar-refractivity contribution in [3.63, 3.8) is 0 Å². The first kappa shape index (κ1) is 17.2. The number of nitrogens with one attached hydrogen (secondary N) is 1. The molecule has 0 heterocycles. The topological polar surface area (TPSA) is 90.6 Å². The summed E-state index contributed by atoms with van der Waals surface area (Å²) in [7, 11) is -1.89. The van der Waals surface area contributed by atoms with Gasteiger partial charge in [-0.05, 0) is 49.9 Å². The molecule has 0 aliphatic heterocycles. The molecule has 6 nitrogen and oxygen atoms in total. The van der Waals surface area contributed by atoms with Crippen molar-refractivity contribution in [3.05, 3.63) is 24.3 Å². The Labute approximate surface area is 132 Å². The molecule has 1 aliphatic carbocycles. The van der Waals surface area contributed by atoms with E-state index in [1.807, 2.05) is 0 Å². The zero-order valence-electron chi connectivity index (χ0n) is 12.8. The molecule has 22 heavy (non-hydrogen) atoms. The van der Waals surface area contributed by atoms with E-state index in [9.17, 15) is 8.42 Å². The molecule has 0 radical (unpaired) electrons. The molecule has 0 bridgehead atoms.